The first-order valence-electron chi connectivity index (χ1n) is 4.78. The highest BCUT2D eigenvalue weighted by molar-refractivity contribution is 5.94. The van der Waals surface area contributed by atoms with Gasteiger partial charge < -0.3 is 10.4 Å². The molecule has 0 aliphatic carbocycles. The molecule has 0 heterocycles. The molecule has 0 amide bonds. The molecule has 0 saturated carbocycles. The number of nitrogens with zero attached hydrogens (tertiary/aromatic N) is 1. The van der Waals surface area contributed by atoms with Crippen molar-refractivity contribution in [3.8, 4) is 0 Å². The van der Waals surface area contributed by atoms with E-state index in [0.29, 0.717) is 18.7 Å². The fraction of sp³-hybridized carbons (Fsp3) is 0.300. The molecule has 0 bridgehead atoms. The van der Waals surface area contributed by atoms with Gasteiger partial charge in [-0.1, -0.05) is 19.1 Å². The van der Waals surface area contributed by atoms with Crippen molar-refractivity contribution in [1.82, 2.24) is 5.32 Å². The van der Waals surface area contributed by atoms with E-state index >= 15 is 0 Å². The van der Waals surface area contributed by atoms with Gasteiger partial charge in [0.25, 0.3) is 5.69 Å². The molecule has 0 spiro atoms. The minimum absolute atomic E-state index is 0.242. The summed E-state index contributed by atoms with van der Waals surface area (Å²) in [7, 11) is 0. The van der Waals surface area contributed by atoms with E-state index in [2.05, 4.69) is 5.32 Å². The highest BCUT2D eigenvalue weighted by Crippen LogP contribution is 2.22. The lowest BCUT2D eigenvalue weighted by Crippen LogP contribution is -2.16. The van der Waals surface area contributed by atoms with Crippen LogP contribution in [0.2, 0.25) is 0 Å². The van der Waals surface area contributed by atoms with Crippen LogP contribution in [0.4, 0.5) is 5.69 Å². The van der Waals surface area contributed by atoms with Gasteiger partial charge in [0, 0.05) is 12.6 Å². The van der Waals surface area contributed by atoms with Crippen LogP contribution in [0.3, 0.4) is 0 Å². The Labute approximate surface area is 92.0 Å². The number of rotatable bonds is 5. The van der Waals surface area contributed by atoms with Crippen molar-refractivity contribution < 1.29 is 14.8 Å². The molecule has 0 aromatic heterocycles. The molecular formula is C10H12N2O4. The number of carboxylic acid groups (broad SMARTS) is 1. The maximum atomic E-state index is 11.0. The third kappa shape index (κ3) is 2.54. The zero-order valence-electron chi connectivity index (χ0n) is 8.77. The number of benzene rings is 1. The summed E-state index contributed by atoms with van der Waals surface area (Å²) in [4.78, 5) is 21.0. The number of aromatic carboxylic acids is 1. The van der Waals surface area contributed by atoms with Crippen LogP contribution < -0.4 is 5.32 Å². The first-order valence-corrected chi connectivity index (χ1v) is 4.78. The van der Waals surface area contributed by atoms with Crippen LogP contribution in [-0.2, 0) is 6.54 Å². The van der Waals surface area contributed by atoms with E-state index in [1.165, 1.54) is 12.1 Å². The maximum Gasteiger partial charge on any atom is 0.343 e. The number of carbonyl (C=O) groups is 1. The van der Waals surface area contributed by atoms with Gasteiger partial charge in [-0.15, -0.1) is 0 Å². The molecule has 1 aromatic carbocycles. The van der Waals surface area contributed by atoms with E-state index in [9.17, 15) is 14.9 Å². The largest absolute Gasteiger partial charge is 0.477 e. The lowest BCUT2D eigenvalue weighted by atomic mass is 10.1. The molecule has 0 aliphatic rings. The molecule has 0 unspecified atom stereocenters. The Morgan fingerprint density at radius 2 is 2.25 bits per heavy atom. The minimum Gasteiger partial charge on any atom is -0.477 e. The third-order valence-corrected chi connectivity index (χ3v) is 2.10. The van der Waals surface area contributed by atoms with Crippen molar-refractivity contribution in [1.29, 1.82) is 0 Å². The number of nitrogens with one attached hydrogen (secondary N) is 1. The second-order valence-electron chi connectivity index (χ2n) is 3.15. The zero-order valence-corrected chi connectivity index (χ0v) is 8.77. The smallest absolute Gasteiger partial charge is 0.343 e. The summed E-state index contributed by atoms with van der Waals surface area (Å²) in [5.41, 5.74) is -0.195. The molecule has 86 valence electrons. The summed E-state index contributed by atoms with van der Waals surface area (Å²) in [6.07, 6.45) is 0. The number of hydrogen-bond donors (Lipinski definition) is 2. The summed E-state index contributed by atoms with van der Waals surface area (Å²) in [5, 5.41) is 22.6. The van der Waals surface area contributed by atoms with E-state index in [4.69, 9.17) is 5.11 Å². The SMILES string of the molecule is CCNCc1cccc([N+](=O)[O-])c1C(=O)O. The molecule has 6 heteroatoms. The first kappa shape index (κ1) is 12.1. The molecule has 16 heavy (non-hydrogen) atoms. The average molecular weight is 224 g/mol. The van der Waals surface area contributed by atoms with Crippen molar-refractivity contribution in [3.63, 3.8) is 0 Å². The number of hydrogen-bond acceptors (Lipinski definition) is 4. The van der Waals surface area contributed by atoms with Crippen LogP contribution in [0.5, 0.6) is 0 Å². The van der Waals surface area contributed by atoms with Crippen molar-refractivity contribution in [3.05, 3.63) is 39.4 Å². The molecule has 1 aromatic rings. The first-order chi connectivity index (χ1) is 7.57. The van der Waals surface area contributed by atoms with Gasteiger partial charge in [0.1, 0.15) is 5.56 Å². The fourth-order valence-corrected chi connectivity index (χ4v) is 1.39. The Bertz CT molecular complexity index is 417. The van der Waals surface area contributed by atoms with E-state index in [1.807, 2.05) is 6.92 Å². The standard InChI is InChI=1S/C10H12N2O4/c1-2-11-6-7-4-3-5-8(12(15)16)9(7)10(13)14/h3-5,11H,2,6H2,1H3,(H,13,14). The van der Waals surface area contributed by atoms with E-state index in [0.717, 1.165) is 0 Å². The van der Waals surface area contributed by atoms with Crippen LogP contribution >= 0.6 is 0 Å². The van der Waals surface area contributed by atoms with Gasteiger partial charge in [0.2, 0.25) is 0 Å². The molecule has 0 fully saturated rings. The van der Waals surface area contributed by atoms with Crippen LogP contribution in [0, 0.1) is 10.1 Å². The van der Waals surface area contributed by atoms with Gasteiger partial charge in [0.05, 0.1) is 4.92 Å². The molecule has 6 nitrogen and oxygen atoms in total. The minimum atomic E-state index is -1.28. The summed E-state index contributed by atoms with van der Waals surface area (Å²) >= 11 is 0. The summed E-state index contributed by atoms with van der Waals surface area (Å²) in [6, 6.07) is 4.25. The van der Waals surface area contributed by atoms with E-state index < -0.39 is 10.9 Å². The fourth-order valence-electron chi connectivity index (χ4n) is 1.39. The monoisotopic (exact) mass is 224 g/mol. The van der Waals surface area contributed by atoms with E-state index in [1.54, 1.807) is 6.07 Å². The molecule has 0 aliphatic heterocycles. The predicted molar refractivity (Wildman–Crippen MR) is 57.4 cm³/mol. The highest BCUT2D eigenvalue weighted by Gasteiger charge is 2.22. The number of nitro benzene ring substituents is 1. The quantitative estimate of drug-likeness (QED) is 0.582. The van der Waals surface area contributed by atoms with Gasteiger partial charge in [0.15, 0.2) is 0 Å². The van der Waals surface area contributed by atoms with Gasteiger partial charge >= 0.3 is 5.97 Å². The van der Waals surface area contributed by atoms with E-state index in [-0.39, 0.29) is 11.3 Å². The zero-order chi connectivity index (χ0) is 12.1. The Balaban J connectivity index is 3.21. The Morgan fingerprint density at radius 1 is 1.56 bits per heavy atom. The summed E-state index contributed by atoms with van der Waals surface area (Å²) < 4.78 is 0. The summed E-state index contributed by atoms with van der Waals surface area (Å²) in [6.45, 7) is 2.85. The molecule has 1 rings (SSSR count). The molecule has 0 atom stereocenters. The van der Waals surface area contributed by atoms with Crippen molar-refractivity contribution >= 4 is 11.7 Å². The highest BCUT2D eigenvalue weighted by atomic mass is 16.6. The predicted octanol–water partition coefficient (Wildman–Crippen LogP) is 1.40. The van der Waals surface area contributed by atoms with Crippen LogP contribution in [0.15, 0.2) is 18.2 Å². The normalized spacial score (nSPS) is 10.1. The topological polar surface area (TPSA) is 92.5 Å². The second kappa shape index (κ2) is 5.22. The van der Waals surface area contributed by atoms with Crippen molar-refractivity contribution in [2.45, 2.75) is 13.5 Å². The number of nitro groups is 1. The van der Waals surface area contributed by atoms with Gasteiger partial charge in [-0.05, 0) is 12.1 Å². The van der Waals surface area contributed by atoms with Crippen LogP contribution in [-0.4, -0.2) is 22.5 Å². The Hall–Kier alpha value is -1.95. The number of carboxylic acids is 1. The lowest BCUT2D eigenvalue weighted by molar-refractivity contribution is -0.385. The molecule has 2 N–H and O–H groups in total. The molecule has 0 radical (unpaired) electrons. The van der Waals surface area contributed by atoms with Crippen LogP contribution in [0.25, 0.3) is 0 Å². The lowest BCUT2D eigenvalue weighted by Gasteiger charge is -2.06. The molecule has 0 saturated heterocycles. The molecular weight excluding hydrogens is 212 g/mol. The van der Waals surface area contributed by atoms with Gasteiger partial charge in [-0.3, -0.25) is 10.1 Å². The second-order valence-corrected chi connectivity index (χ2v) is 3.15. The van der Waals surface area contributed by atoms with Gasteiger partial charge in [-0.25, -0.2) is 4.79 Å². The summed E-state index contributed by atoms with van der Waals surface area (Å²) in [5.74, 6) is -1.28. The third-order valence-electron chi connectivity index (χ3n) is 2.10. The van der Waals surface area contributed by atoms with Crippen molar-refractivity contribution in [2.75, 3.05) is 6.54 Å². The Kier molecular flexibility index (Phi) is 3.96. The van der Waals surface area contributed by atoms with Crippen LogP contribution in [0.1, 0.15) is 22.8 Å². The van der Waals surface area contributed by atoms with Gasteiger partial charge in [-0.2, -0.15) is 0 Å². The average Bonchev–Trinajstić information content (AvgIpc) is 2.25. The maximum absolute atomic E-state index is 11.0. The van der Waals surface area contributed by atoms with Crippen molar-refractivity contribution in [2.24, 2.45) is 0 Å². The Morgan fingerprint density at radius 3 is 2.75 bits per heavy atom.